The van der Waals surface area contributed by atoms with Crippen molar-refractivity contribution in [3.05, 3.63) is 0 Å². The second-order valence-corrected chi connectivity index (χ2v) is 18.4. The van der Waals surface area contributed by atoms with E-state index in [1.54, 1.807) is 20.8 Å². The monoisotopic (exact) mass is 571 g/mol. The molecule has 7 nitrogen and oxygen atoms in total. The molecule has 0 amide bonds. The van der Waals surface area contributed by atoms with E-state index in [0.717, 1.165) is 0 Å². The number of nitrogens with zero attached hydrogens (tertiary/aromatic N) is 1. The Balaban J connectivity index is 7.71. The third-order valence-electron chi connectivity index (χ3n) is 5.57. The zero-order chi connectivity index (χ0) is 26.9. The van der Waals surface area contributed by atoms with Crippen molar-refractivity contribution in [2.24, 2.45) is 0 Å². The average molecular weight is 572 g/mol. The molecule has 0 fully saturated rings. The van der Waals surface area contributed by atoms with Crippen molar-refractivity contribution in [1.82, 2.24) is 3.48 Å². The van der Waals surface area contributed by atoms with Crippen molar-refractivity contribution in [3.63, 3.8) is 0 Å². The number of alkyl halides is 6. The molecule has 0 spiro atoms. The molecule has 0 aliphatic rings. The Morgan fingerprint density at radius 3 is 1.32 bits per heavy atom. The topological polar surface area (TPSA) is 90.0 Å². The molecular formula is C18H36F6NO6PS2. The van der Waals surface area contributed by atoms with Crippen LogP contribution in [0.1, 0.15) is 59.3 Å². The van der Waals surface area contributed by atoms with Crippen LogP contribution in [-0.2, 0) is 29.5 Å². The Bertz CT molecular complexity index is 764. The summed E-state index contributed by atoms with van der Waals surface area (Å²) in [5.74, 6) is 0. The fourth-order valence-corrected chi connectivity index (χ4v) is 18.6. The molecule has 0 heterocycles. The van der Waals surface area contributed by atoms with E-state index in [4.69, 9.17) is 9.47 Å². The molecule has 0 rings (SSSR count). The third kappa shape index (κ3) is 7.41. The van der Waals surface area contributed by atoms with E-state index in [9.17, 15) is 43.2 Å². The number of methoxy groups -OCH3 is 1. The van der Waals surface area contributed by atoms with Gasteiger partial charge in [0.05, 0.1) is 0 Å². The van der Waals surface area contributed by atoms with Gasteiger partial charge in [0.15, 0.2) is 0 Å². The van der Waals surface area contributed by atoms with E-state index in [0.29, 0.717) is 19.3 Å². The predicted molar refractivity (Wildman–Crippen MR) is 121 cm³/mol. The van der Waals surface area contributed by atoms with E-state index < -0.39 is 66.1 Å². The van der Waals surface area contributed by atoms with Crippen LogP contribution in [0.4, 0.5) is 26.3 Å². The van der Waals surface area contributed by atoms with Crippen LogP contribution >= 0.6 is 6.75 Å². The van der Waals surface area contributed by atoms with Crippen LogP contribution in [0.2, 0.25) is 0 Å². The number of ether oxygens (including phenoxy) is 2. The summed E-state index contributed by atoms with van der Waals surface area (Å²) in [5.41, 5.74) is -12.5. The van der Waals surface area contributed by atoms with Gasteiger partial charge in [-0.05, 0) is 0 Å². The summed E-state index contributed by atoms with van der Waals surface area (Å²) < 4.78 is 143. The number of halogens is 6. The zero-order valence-electron chi connectivity index (χ0n) is 19.9. The van der Waals surface area contributed by atoms with Crippen molar-refractivity contribution in [3.8, 4) is 0 Å². The maximum atomic E-state index is 13.8. The quantitative estimate of drug-likeness (QED) is 0.131. The Morgan fingerprint density at radius 1 is 0.706 bits per heavy atom. The molecule has 0 radical (unpaired) electrons. The normalized spacial score (nSPS) is 15.4. The van der Waals surface area contributed by atoms with Gasteiger partial charge >= 0.3 is 198 Å². The number of rotatable bonds is 17. The van der Waals surface area contributed by atoms with Crippen LogP contribution in [0.15, 0.2) is 0 Å². The number of hydrogen-bond acceptors (Lipinski definition) is 6. The molecule has 34 heavy (non-hydrogen) atoms. The van der Waals surface area contributed by atoms with Gasteiger partial charge in [-0.1, -0.05) is 0 Å². The van der Waals surface area contributed by atoms with Crippen LogP contribution in [0.5, 0.6) is 0 Å². The number of sulfonamides is 2. The van der Waals surface area contributed by atoms with Gasteiger partial charge in [-0.25, -0.2) is 0 Å². The Morgan fingerprint density at radius 2 is 1.06 bits per heavy atom. The molecule has 208 valence electrons. The third-order valence-corrected chi connectivity index (χ3v) is 19.0. The summed E-state index contributed by atoms with van der Waals surface area (Å²) in [6.07, 6.45) is -1.23. The first kappa shape index (κ1) is 33.8. The molecular weight excluding hydrogens is 535 g/mol. The van der Waals surface area contributed by atoms with Gasteiger partial charge in [-0.2, -0.15) is 0 Å². The molecule has 0 aliphatic carbocycles. The first-order chi connectivity index (χ1) is 15.4. The van der Waals surface area contributed by atoms with Gasteiger partial charge in [0.2, 0.25) is 0 Å². The van der Waals surface area contributed by atoms with E-state index in [2.05, 4.69) is 0 Å². The number of unbranched alkanes of at least 4 members (excludes halogenated alkanes) is 3. The molecule has 0 aliphatic heterocycles. The average Bonchev–Trinajstić information content (AvgIpc) is 2.71. The molecule has 0 aromatic carbocycles. The fraction of sp³-hybridized carbons (Fsp3) is 1.00. The molecule has 0 bridgehead atoms. The summed E-state index contributed by atoms with van der Waals surface area (Å²) in [6, 6.07) is 0. The van der Waals surface area contributed by atoms with Gasteiger partial charge in [0.1, 0.15) is 0 Å². The molecule has 0 saturated heterocycles. The first-order valence-electron chi connectivity index (χ1n) is 10.9. The van der Waals surface area contributed by atoms with Gasteiger partial charge in [0.25, 0.3) is 0 Å². The zero-order valence-corrected chi connectivity index (χ0v) is 22.4. The summed E-state index contributed by atoms with van der Waals surface area (Å²) >= 11 is 0. The summed E-state index contributed by atoms with van der Waals surface area (Å²) in [5, 5.41) is 0. The molecule has 0 atom stereocenters. The molecule has 0 saturated carbocycles. The van der Waals surface area contributed by atoms with Crippen LogP contribution in [-0.4, -0.2) is 76.5 Å². The van der Waals surface area contributed by atoms with Crippen LogP contribution in [0.25, 0.3) is 0 Å². The first-order valence-corrected chi connectivity index (χ1v) is 16.7. The van der Waals surface area contributed by atoms with Crippen LogP contribution < -0.4 is 0 Å². The van der Waals surface area contributed by atoms with Crippen LogP contribution in [0.3, 0.4) is 0 Å². The van der Waals surface area contributed by atoms with E-state index >= 15 is 0 Å². The van der Waals surface area contributed by atoms with Gasteiger partial charge in [-0.3, -0.25) is 0 Å². The Hall–Kier alpha value is -0.210. The molecule has 16 heteroatoms. The van der Waals surface area contributed by atoms with Gasteiger partial charge in [0, 0.05) is 0 Å². The summed E-state index contributed by atoms with van der Waals surface area (Å²) in [6.45, 7) is -0.621. The SMILES string of the molecule is CCCCP(CCCC)(CCCC)(COCCOC)N(S(=O)(=O)C(F)(F)F)S(=O)(=O)C(F)(F)F. The van der Waals surface area contributed by atoms with E-state index in [1.807, 2.05) is 0 Å². The van der Waals surface area contributed by atoms with Crippen molar-refractivity contribution in [2.75, 3.05) is 45.2 Å². The van der Waals surface area contributed by atoms with Gasteiger partial charge in [-0.15, -0.1) is 0 Å². The molecule has 0 aromatic rings. The van der Waals surface area contributed by atoms with E-state index in [-0.39, 0.29) is 32.5 Å². The predicted octanol–water partition coefficient (Wildman–Crippen LogP) is 5.48. The Labute approximate surface area is 198 Å². The fourth-order valence-electron chi connectivity index (χ4n) is 3.87. The second-order valence-electron chi connectivity index (χ2n) is 8.25. The molecule has 0 aromatic heterocycles. The minimum atomic E-state index is -6.96. The summed E-state index contributed by atoms with van der Waals surface area (Å²) in [4.78, 5) is 0. The molecule has 0 unspecified atom stereocenters. The minimum absolute atomic E-state index is 0.0240. The molecule has 0 N–H and O–H groups in total. The van der Waals surface area contributed by atoms with E-state index in [1.165, 1.54) is 7.11 Å². The summed E-state index contributed by atoms with van der Waals surface area (Å²) in [7, 11) is -12.6. The van der Waals surface area contributed by atoms with Crippen molar-refractivity contribution < 1.29 is 52.7 Å². The number of hydrogen-bond donors (Lipinski definition) is 0. The Kier molecular flexibility index (Phi) is 12.8. The maximum absolute atomic E-state index is 13.8. The second kappa shape index (κ2) is 12.8. The van der Waals surface area contributed by atoms with Crippen molar-refractivity contribution in [1.29, 1.82) is 0 Å². The van der Waals surface area contributed by atoms with Gasteiger partial charge < -0.3 is 0 Å². The standard InChI is InChI=1S/C18H36F6NO6PS2/c1-5-8-13-32(14-9-6-2,15-10-7-3,16-31-12-11-30-4)25(33(26,27)17(19,20)21)34(28,29)18(22,23)24/h5-16H2,1-4H3. The van der Waals surface area contributed by atoms with Crippen molar-refractivity contribution in [2.45, 2.75) is 70.3 Å². The van der Waals surface area contributed by atoms with Crippen LogP contribution in [0, 0.1) is 0 Å². The van der Waals surface area contributed by atoms with Crippen molar-refractivity contribution >= 4 is 26.8 Å².